The molecule has 0 bridgehead atoms. The first-order chi connectivity index (χ1) is 7.72. The number of benzene rings is 1. The van der Waals surface area contributed by atoms with Gasteiger partial charge in [-0.15, -0.1) is 0 Å². The Morgan fingerprint density at radius 1 is 1.25 bits per heavy atom. The number of rotatable bonds is 7. The second-order valence-electron chi connectivity index (χ2n) is 4.03. The zero-order chi connectivity index (χ0) is 11.8. The van der Waals surface area contributed by atoms with Crippen molar-refractivity contribution in [1.82, 2.24) is 0 Å². The van der Waals surface area contributed by atoms with Gasteiger partial charge in [-0.3, -0.25) is 5.41 Å². The molecule has 4 N–H and O–H groups in total. The lowest BCUT2D eigenvalue weighted by Gasteiger charge is -2.06. The monoisotopic (exact) mass is 219 g/mol. The summed E-state index contributed by atoms with van der Waals surface area (Å²) < 4.78 is 0. The topological polar surface area (TPSA) is 61.9 Å². The van der Waals surface area contributed by atoms with Crippen LogP contribution in [0.25, 0.3) is 0 Å². The van der Waals surface area contributed by atoms with Crippen molar-refractivity contribution in [2.45, 2.75) is 32.6 Å². The summed E-state index contributed by atoms with van der Waals surface area (Å²) in [5, 5.41) is 10.6. The minimum Gasteiger partial charge on any atom is -0.387 e. The molecule has 0 fully saturated rings. The molecule has 3 heteroatoms. The summed E-state index contributed by atoms with van der Waals surface area (Å²) in [5.74, 6) is 0.212. The SMILES string of the molecule is CCCCCNc1ccc(CC(=N)N)cc1. The van der Waals surface area contributed by atoms with E-state index in [0.717, 1.165) is 17.8 Å². The Balaban J connectivity index is 2.36. The summed E-state index contributed by atoms with van der Waals surface area (Å²) in [4.78, 5) is 0. The van der Waals surface area contributed by atoms with Crippen molar-refractivity contribution in [1.29, 1.82) is 5.41 Å². The van der Waals surface area contributed by atoms with E-state index in [-0.39, 0.29) is 5.84 Å². The Bertz CT molecular complexity index is 316. The van der Waals surface area contributed by atoms with Gasteiger partial charge in [-0.25, -0.2) is 0 Å². The third-order valence-electron chi connectivity index (χ3n) is 2.46. The van der Waals surface area contributed by atoms with E-state index in [1.165, 1.54) is 19.3 Å². The highest BCUT2D eigenvalue weighted by Gasteiger charge is 1.96. The number of amidine groups is 1. The molecule has 88 valence electrons. The number of unbranched alkanes of at least 4 members (excludes halogenated alkanes) is 2. The fourth-order valence-corrected chi connectivity index (χ4v) is 1.57. The van der Waals surface area contributed by atoms with Gasteiger partial charge in [0.05, 0.1) is 5.84 Å². The first kappa shape index (κ1) is 12.6. The van der Waals surface area contributed by atoms with Crippen LogP contribution in [-0.4, -0.2) is 12.4 Å². The average molecular weight is 219 g/mol. The molecule has 16 heavy (non-hydrogen) atoms. The number of nitrogens with one attached hydrogen (secondary N) is 2. The van der Waals surface area contributed by atoms with Crippen molar-refractivity contribution in [3.63, 3.8) is 0 Å². The van der Waals surface area contributed by atoms with E-state index in [1.807, 2.05) is 24.3 Å². The van der Waals surface area contributed by atoms with Crippen LogP contribution in [0.3, 0.4) is 0 Å². The predicted molar refractivity (Wildman–Crippen MR) is 70.1 cm³/mol. The maximum Gasteiger partial charge on any atom is 0.0950 e. The Morgan fingerprint density at radius 3 is 2.50 bits per heavy atom. The fourth-order valence-electron chi connectivity index (χ4n) is 1.57. The third-order valence-corrected chi connectivity index (χ3v) is 2.46. The van der Waals surface area contributed by atoms with Gasteiger partial charge in [-0.1, -0.05) is 31.9 Å². The molecule has 0 unspecified atom stereocenters. The highest BCUT2D eigenvalue weighted by Crippen LogP contribution is 2.10. The van der Waals surface area contributed by atoms with Crippen LogP contribution in [0.2, 0.25) is 0 Å². The van der Waals surface area contributed by atoms with E-state index in [9.17, 15) is 0 Å². The number of nitrogens with two attached hydrogens (primary N) is 1. The molecule has 0 saturated heterocycles. The van der Waals surface area contributed by atoms with Crippen molar-refractivity contribution < 1.29 is 0 Å². The number of hydrogen-bond donors (Lipinski definition) is 3. The molecule has 1 rings (SSSR count). The summed E-state index contributed by atoms with van der Waals surface area (Å²) >= 11 is 0. The summed E-state index contributed by atoms with van der Waals surface area (Å²) in [6.07, 6.45) is 4.27. The Kier molecular flexibility index (Phi) is 5.40. The van der Waals surface area contributed by atoms with E-state index >= 15 is 0 Å². The summed E-state index contributed by atoms with van der Waals surface area (Å²) in [5.41, 5.74) is 7.58. The normalized spacial score (nSPS) is 10.1. The van der Waals surface area contributed by atoms with E-state index in [1.54, 1.807) is 0 Å². The summed E-state index contributed by atoms with van der Waals surface area (Å²) in [6.45, 7) is 3.23. The van der Waals surface area contributed by atoms with Gasteiger partial charge in [0, 0.05) is 18.7 Å². The van der Waals surface area contributed by atoms with Gasteiger partial charge in [0.2, 0.25) is 0 Å². The van der Waals surface area contributed by atoms with Gasteiger partial charge < -0.3 is 11.1 Å². The van der Waals surface area contributed by atoms with Crippen molar-refractivity contribution in [2.24, 2.45) is 5.73 Å². The second kappa shape index (κ2) is 6.88. The molecule has 0 heterocycles. The van der Waals surface area contributed by atoms with Crippen LogP contribution in [0.5, 0.6) is 0 Å². The number of anilines is 1. The maximum atomic E-state index is 7.20. The average Bonchev–Trinajstić information content (AvgIpc) is 2.26. The smallest absolute Gasteiger partial charge is 0.0950 e. The van der Waals surface area contributed by atoms with E-state index in [4.69, 9.17) is 11.1 Å². The largest absolute Gasteiger partial charge is 0.387 e. The molecule has 1 aromatic rings. The van der Waals surface area contributed by atoms with Gasteiger partial charge in [-0.2, -0.15) is 0 Å². The molecule has 0 radical (unpaired) electrons. The summed E-state index contributed by atoms with van der Waals surface area (Å²) in [6, 6.07) is 8.13. The second-order valence-corrected chi connectivity index (χ2v) is 4.03. The van der Waals surface area contributed by atoms with Gasteiger partial charge in [0.25, 0.3) is 0 Å². The first-order valence-electron chi connectivity index (χ1n) is 5.88. The van der Waals surface area contributed by atoms with Crippen molar-refractivity contribution in [3.8, 4) is 0 Å². The van der Waals surface area contributed by atoms with Crippen LogP contribution >= 0.6 is 0 Å². The molecule has 0 aliphatic carbocycles. The van der Waals surface area contributed by atoms with Crippen LogP contribution in [-0.2, 0) is 6.42 Å². The van der Waals surface area contributed by atoms with Crippen LogP contribution in [0.4, 0.5) is 5.69 Å². The molecule has 0 aliphatic rings. The quantitative estimate of drug-likeness (QED) is 0.375. The molecule has 0 saturated carbocycles. The zero-order valence-electron chi connectivity index (χ0n) is 9.92. The Hall–Kier alpha value is -1.51. The molecule has 3 nitrogen and oxygen atoms in total. The van der Waals surface area contributed by atoms with Gasteiger partial charge in [0.1, 0.15) is 0 Å². The van der Waals surface area contributed by atoms with Gasteiger partial charge in [0.15, 0.2) is 0 Å². The molecular formula is C13H21N3. The third kappa shape index (κ3) is 4.82. The molecule has 0 amide bonds. The van der Waals surface area contributed by atoms with Crippen LogP contribution in [0.1, 0.15) is 31.7 Å². The minimum absolute atomic E-state index is 0.212. The van der Waals surface area contributed by atoms with Crippen molar-refractivity contribution in [3.05, 3.63) is 29.8 Å². The van der Waals surface area contributed by atoms with E-state index < -0.39 is 0 Å². The lowest BCUT2D eigenvalue weighted by Crippen LogP contribution is -2.12. The minimum atomic E-state index is 0.212. The molecule has 0 aromatic heterocycles. The summed E-state index contributed by atoms with van der Waals surface area (Å²) in [7, 11) is 0. The molecule has 0 spiro atoms. The lowest BCUT2D eigenvalue weighted by atomic mass is 10.1. The standard InChI is InChI=1S/C13H21N3/c1-2-3-4-9-16-12-7-5-11(6-8-12)10-13(14)15/h5-8,16H,2-4,9-10H2,1H3,(H3,14,15). The van der Waals surface area contributed by atoms with Crippen LogP contribution in [0.15, 0.2) is 24.3 Å². The van der Waals surface area contributed by atoms with Crippen molar-refractivity contribution >= 4 is 11.5 Å². The van der Waals surface area contributed by atoms with E-state index in [0.29, 0.717) is 6.42 Å². The van der Waals surface area contributed by atoms with Crippen molar-refractivity contribution in [2.75, 3.05) is 11.9 Å². The highest BCUT2D eigenvalue weighted by atomic mass is 14.9. The molecule has 0 atom stereocenters. The maximum absolute atomic E-state index is 7.20. The molecule has 0 aliphatic heterocycles. The van der Waals surface area contributed by atoms with E-state index in [2.05, 4.69) is 12.2 Å². The number of hydrogen-bond acceptors (Lipinski definition) is 2. The van der Waals surface area contributed by atoms with Gasteiger partial charge >= 0.3 is 0 Å². The van der Waals surface area contributed by atoms with Gasteiger partial charge in [-0.05, 0) is 24.1 Å². The lowest BCUT2D eigenvalue weighted by molar-refractivity contribution is 0.744. The highest BCUT2D eigenvalue weighted by molar-refractivity contribution is 5.79. The molecule has 1 aromatic carbocycles. The molecular weight excluding hydrogens is 198 g/mol. The van der Waals surface area contributed by atoms with Crippen LogP contribution < -0.4 is 11.1 Å². The fraction of sp³-hybridized carbons (Fsp3) is 0.462. The van der Waals surface area contributed by atoms with Crippen LogP contribution in [0, 0.1) is 5.41 Å². The predicted octanol–water partition coefficient (Wildman–Crippen LogP) is 2.77. The Labute approximate surface area is 97.6 Å². The Morgan fingerprint density at radius 2 is 1.94 bits per heavy atom. The zero-order valence-corrected chi connectivity index (χ0v) is 9.92. The first-order valence-corrected chi connectivity index (χ1v) is 5.88.